The number of aliphatic hydroxyl groups excluding tert-OH is 1. The van der Waals surface area contributed by atoms with Crippen molar-refractivity contribution in [3.05, 3.63) is 29.8 Å². The molecule has 0 spiro atoms. The van der Waals surface area contributed by atoms with E-state index in [2.05, 4.69) is 17.6 Å². The molecule has 1 heterocycles. The maximum Gasteiger partial charge on any atom is 0.229 e. The summed E-state index contributed by atoms with van der Waals surface area (Å²) in [5.41, 5.74) is 1.63. The van der Waals surface area contributed by atoms with Crippen molar-refractivity contribution in [2.75, 3.05) is 11.9 Å². The Hall–Kier alpha value is -1.39. The average Bonchev–Trinajstić information content (AvgIpc) is 2.40. The Labute approximate surface area is 107 Å². The minimum atomic E-state index is 0.0256. The van der Waals surface area contributed by atoms with Gasteiger partial charge in [0.1, 0.15) is 0 Å². The van der Waals surface area contributed by atoms with Crippen LogP contribution in [0.15, 0.2) is 24.3 Å². The Kier molecular flexibility index (Phi) is 4.33. The van der Waals surface area contributed by atoms with Crippen LogP contribution in [0.1, 0.15) is 25.3 Å². The summed E-state index contributed by atoms with van der Waals surface area (Å²) in [6.07, 6.45) is 1.99. The highest BCUT2D eigenvalue weighted by Gasteiger charge is 2.27. The van der Waals surface area contributed by atoms with Gasteiger partial charge in [-0.1, -0.05) is 12.1 Å². The molecule has 4 nitrogen and oxygen atoms in total. The van der Waals surface area contributed by atoms with Gasteiger partial charge < -0.3 is 15.7 Å². The van der Waals surface area contributed by atoms with Gasteiger partial charge in [-0.2, -0.15) is 0 Å². The Morgan fingerprint density at radius 2 is 2.17 bits per heavy atom. The summed E-state index contributed by atoms with van der Waals surface area (Å²) in [6, 6.07) is 7.51. The molecule has 2 rings (SSSR count). The number of carbonyl (C=O) groups excluding carboxylic acids is 1. The molecular formula is C14H20N2O2. The zero-order valence-electron chi connectivity index (χ0n) is 10.6. The van der Waals surface area contributed by atoms with Crippen molar-refractivity contribution < 1.29 is 9.90 Å². The molecule has 0 bridgehead atoms. The first-order valence-corrected chi connectivity index (χ1v) is 6.45. The fraction of sp³-hybridized carbons (Fsp3) is 0.500. The number of aliphatic hydroxyl groups is 1. The number of hydrogen-bond acceptors (Lipinski definition) is 3. The van der Waals surface area contributed by atoms with Crippen molar-refractivity contribution in [2.45, 2.75) is 32.4 Å². The summed E-state index contributed by atoms with van der Waals surface area (Å²) < 4.78 is 0. The highest BCUT2D eigenvalue weighted by atomic mass is 16.3. The van der Waals surface area contributed by atoms with Crippen LogP contribution in [0.2, 0.25) is 0 Å². The third kappa shape index (κ3) is 3.09. The fourth-order valence-corrected chi connectivity index (χ4v) is 2.33. The van der Waals surface area contributed by atoms with Crippen molar-refractivity contribution in [3.63, 3.8) is 0 Å². The number of anilines is 1. The fourth-order valence-electron chi connectivity index (χ4n) is 2.33. The van der Waals surface area contributed by atoms with Crippen LogP contribution in [-0.2, 0) is 11.4 Å². The molecule has 3 N–H and O–H groups in total. The Morgan fingerprint density at radius 1 is 1.44 bits per heavy atom. The van der Waals surface area contributed by atoms with Crippen LogP contribution < -0.4 is 10.6 Å². The van der Waals surface area contributed by atoms with Crippen LogP contribution in [0.3, 0.4) is 0 Å². The van der Waals surface area contributed by atoms with Crippen molar-refractivity contribution in [1.29, 1.82) is 0 Å². The van der Waals surface area contributed by atoms with Gasteiger partial charge in [-0.05, 0) is 44.0 Å². The monoisotopic (exact) mass is 248 g/mol. The summed E-state index contributed by atoms with van der Waals surface area (Å²) >= 11 is 0. The summed E-state index contributed by atoms with van der Waals surface area (Å²) in [5, 5.41) is 15.2. The molecule has 2 unspecified atom stereocenters. The van der Waals surface area contributed by atoms with E-state index in [0.717, 1.165) is 30.6 Å². The van der Waals surface area contributed by atoms with Crippen molar-refractivity contribution in [3.8, 4) is 0 Å². The van der Waals surface area contributed by atoms with E-state index in [4.69, 9.17) is 5.11 Å². The van der Waals surface area contributed by atoms with E-state index in [-0.39, 0.29) is 24.5 Å². The zero-order chi connectivity index (χ0) is 13.0. The first-order valence-electron chi connectivity index (χ1n) is 6.45. The van der Waals surface area contributed by atoms with E-state index >= 15 is 0 Å². The molecule has 1 fully saturated rings. The Morgan fingerprint density at radius 3 is 2.78 bits per heavy atom. The molecule has 0 aliphatic carbocycles. The number of benzene rings is 1. The first-order chi connectivity index (χ1) is 8.70. The maximum atomic E-state index is 12.1. The molecule has 0 saturated carbocycles. The lowest BCUT2D eigenvalue weighted by atomic mass is 9.91. The predicted molar refractivity (Wildman–Crippen MR) is 71.2 cm³/mol. The number of hydrogen-bond donors (Lipinski definition) is 3. The Balaban J connectivity index is 1.97. The predicted octanol–water partition coefficient (Wildman–Crippen LogP) is 1.51. The van der Waals surface area contributed by atoms with Gasteiger partial charge in [0.05, 0.1) is 12.5 Å². The summed E-state index contributed by atoms with van der Waals surface area (Å²) in [5.74, 6) is 0.114. The van der Waals surface area contributed by atoms with E-state index in [0.29, 0.717) is 0 Å². The van der Waals surface area contributed by atoms with Gasteiger partial charge in [-0.3, -0.25) is 4.79 Å². The number of nitrogens with one attached hydrogen (secondary N) is 2. The number of piperidine rings is 1. The van der Waals surface area contributed by atoms with Crippen LogP contribution in [-0.4, -0.2) is 23.6 Å². The lowest BCUT2D eigenvalue weighted by Crippen LogP contribution is -2.44. The minimum Gasteiger partial charge on any atom is -0.392 e. The van der Waals surface area contributed by atoms with Gasteiger partial charge in [0.25, 0.3) is 0 Å². The smallest absolute Gasteiger partial charge is 0.229 e. The quantitative estimate of drug-likeness (QED) is 0.759. The highest BCUT2D eigenvalue weighted by Crippen LogP contribution is 2.19. The second-order valence-corrected chi connectivity index (χ2v) is 4.84. The lowest BCUT2D eigenvalue weighted by Gasteiger charge is -2.28. The van der Waals surface area contributed by atoms with Crippen LogP contribution in [0.25, 0.3) is 0 Å². The lowest BCUT2D eigenvalue weighted by molar-refractivity contribution is -0.121. The summed E-state index contributed by atoms with van der Waals surface area (Å²) in [6.45, 7) is 3.08. The molecule has 1 aromatic rings. The maximum absolute atomic E-state index is 12.1. The van der Waals surface area contributed by atoms with Gasteiger partial charge >= 0.3 is 0 Å². The molecule has 0 radical (unpaired) electrons. The zero-order valence-corrected chi connectivity index (χ0v) is 10.6. The first kappa shape index (κ1) is 13.1. The van der Waals surface area contributed by atoms with Crippen LogP contribution in [0.4, 0.5) is 5.69 Å². The molecule has 4 heteroatoms. The largest absolute Gasteiger partial charge is 0.392 e. The summed E-state index contributed by atoms with van der Waals surface area (Å²) in [4.78, 5) is 12.1. The second kappa shape index (κ2) is 5.98. The second-order valence-electron chi connectivity index (χ2n) is 4.84. The molecule has 98 valence electrons. The number of amides is 1. The third-order valence-electron chi connectivity index (χ3n) is 3.50. The van der Waals surface area contributed by atoms with E-state index < -0.39 is 0 Å². The van der Waals surface area contributed by atoms with Gasteiger partial charge in [0.15, 0.2) is 0 Å². The molecule has 1 saturated heterocycles. The van der Waals surface area contributed by atoms with Gasteiger partial charge in [0, 0.05) is 11.7 Å². The van der Waals surface area contributed by atoms with Crippen molar-refractivity contribution >= 4 is 11.6 Å². The molecule has 1 amide bonds. The van der Waals surface area contributed by atoms with Crippen molar-refractivity contribution in [1.82, 2.24) is 5.32 Å². The van der Waals surface area contributed by atoms with Crippen LogP contribution >= 0.6 is 0 Å². The van der Waals surface area contributed by atoms with Gasteiger partial charge in [-0.15, -0.1) is 0 Å². The van der Waals surface area contributed by atoms with E-state index in [9.17, 15) is 4.79 Å². The standard InChI is InChI=1S/C14H20N2O2/c1-10-13(3-2-8-15-10)14(18)16-12-6-4-11(9-17)5-7-12/h4-7,10,13,15,17H,2-3,8-9H2,1H3,(H,16,18). The average molecular weight is 248 g/mol. The molecule has 0 aromatic heterocycles. The highest BCUT2D eigenvalue weighted by molar-refractivity contribution is 5.93. The van der Waals surface area contributed by atoms with Crippen molar-refractivity contribution in [2.24, 2.45) is 5.92 Å². The van der Waals surface area contributed by atoms with Crippen LogP contribution in [0.5, 0.6) is 0 Å². The SMILES string of the molecule is CC1NCCCC1C(=O)Nc1ccc(CO)cc1. The van der Waals surface area contributed by atoms with Gasteiger partial charge in [0.2, 0.25) is 5.91 Å². The number of carbonyl (C=O) groups is 1. The molecular weight excluding hydrogens is 228 g/mol. The molecule has 1 aromatic carbocycles. The molecule has 1 aliphatic heterocycles. The summed E-state index contributed by atoms with van der Waals surface area (Å²) in [7, 11) is 0. The van der Waals surface area contributed by atoms with E-state index in [1.807, 2.05) is 24.3 Å². The molecule has 18 heavy (non-hydrogen) atoms. The van der Waals surface area contributed by atoms with Crippen LogP contribution in [0, 0.1) is 5.92 Å². The number of rotatable bonds is 3. The normalized spacial score (nSPS) is 23.7. The third-order valence-corrected chi connectivity index (χ3v) is 3.50. The molecule has 1 aliphatic rings. The van der Waals surface area contributed by atoms with E-state index in [1.165, 1.54) is 0 Å². The van der Waals surface area contributed by atoms with E-state index in [1.54, 1.807) is 0 Å². The Bertz CT molecular complexity index is 403. The topological polar surface area (TPSA) is 61.4 Å². The molecule has 2 atom stereocenters. The minimum absolute atomic E-state index is 0.0256. The van der Waals surface area contributed by atoms with Gasteiger partial charge in [-0.25, -0.2) is 0 Å².